The maximum absolute atomic E-state index is 8.88. The Morgan fingerprint density at radius 2 is 2.12 bits per heavy atom. The molecular formula is C13H20N2O. The minimum Gasteiger partial charge on any atom is -0.396 e. The number of rotatable bonds is 4. The minimum absolute atomic E-state index is 0.0361. The van der Waals surface area contributed by atoms with E-state index in [4.69, 9.17) is 10.8 Å². The van der Waals surface area contributed by atoms with Crippen molar-refractivity contribution in [2.24, 2.45) is 5.73 Å². The molecule has 16 heavy (non-hydrogen) atoms. The quantitative estimate of drug-likeness (QED) is 0.806. The molecular weight excluding hydrogens is 200 g/mol. The highest BCUT2D eigenvalue weighted by Gasteiger charge is 2.18. The molecule has 0 saturated heterocycles. The van der Waals surface area contributed by atoms with Crippen molar-refractivity contribution in [3.63, 3.8) is 0 Å². The predicted octanol–water partition coefficient (Wildman–Crippen LogP) is 1.40. The van der Waals surface area contributed by atoms with Crippen molar-refractivity contribution in [1.82, 2.24) is 4.90 Å². The van der Waals surface area contributed by atoms with Gasteiger partial charge in [0.2, 0.25) is 0 Å². The van der Waals surface area contributed by atoms with E-state index in [9.17, 15) is 0 Å². The number of hydrogen-bond donors (Lipinski definition) is 2. The third-order valence-corrected chi connectivity index (χ3v) is 3.33. The lowest BCUT2D eigenvalue weighted by atomic mass is 10.00. The number of nitrogens with zero attached hydrogens (tertiary/aromatic N) is 1. The van der Waals surface area contributed by atoms with Gasteiger partial charge in [0.15, 0.2) is 0 Å². The molecule has 1 unspecified atom stereocenters. The number of benzene rings is 1. The van der Waals surface area contributed by atoms with Crippen LogP contribution in [-0.2, 0) is 13.1 Å². The fraction of sp³-hybridized carbons (Fsp3) is 0.538. The van der Waals surface area contributed by atoms with Crippen LogP contribution in [0.4, 0.5) is 0 Å². The van der Waals surface area contributed by atoms with E-state index >= 15 is 0 Å². The summed E-state index contributed by atoms with van der Waals surface area (Å²) >= 11 is 0. The molecule has 3 nitrogen and oxygen atoms in total. The average molecular weight is 220 g/mol. The predicted molar refractivity (Wildman–Crippen MR) is 64.9 cm³/mol. The molecule has 1 atom stereocenters. The Bertz CT molecular complexity index is 365. The van der Waals surface area contributed by atoms with Crippen LogP contribution in [0.15, 0.2) is 18.2 Å². The van der Waals surface area contributed by atoms with Crippen molar-refractivity contribution in [2.75, 3.05) is 13.2 Å². The Hall–Kier alpha value is -0.900. The highest BCUT2D eigenvalue weighted by atomic mass is 16.3. The second kappa shape index (κ2) is 4.95. The van der Waals surface area contributed by atoms with Gasteiger partial charge >= 0.3 is 0 Å². The average Bonchev–Trinajstić information content (AvgIpc) is 2.70. The summed E-state index contributed by atoms with van der Waals surface area (Å²) in [6.07, 6.45) is 0.635. The number of fused-ring (bicyclic) bond motifs is 1. The van der Waals surface area contributed by atoms with Crippen LogP contribution in [0.3, 0.4) is 0 Å². The van der Waals surface area contributed by atoms with Crippen LogP contribution in [0.1, 0.15) is 36.1 Å². The maximum atomic E-state index is 8.88. The van der Waals surface area contributed by atoms with Gasteiger partial charge in [-0.15, -0.1) is 0 Å². The van der Waals surface area contributed by atoms with Crippen LogP contribution in [0.2, 0.25) is 0 Å². The molecule has 0 saturated carbocycles. The first kappa shape index (κ1) is 11.6. The van der Waals surface area contributed by atoms with Gasteiger partial charge in [0, 0.05) is 25.7 Å². The number of hydrogen-bond acceptors (Lipinski definition) is 3. The van der Waals surface area contributed by atoms with E-state index in [-0.39, 0.29) is 12.6 Å². The Kier molecular flexibility index (Phi) is 3.59. The van der Waals surface area contributed by atoms with Crippen molar-refractivity contribution in [3.8, 4) is 0 Å². The Morgan fingerprint density at radius 3 is 2.81 bits per heavy atom. The molecule has 0 aromatic heterocycles. The summed E-state index contributed by atoms with van der Waals surface area (Å²) < 4.78 is 0. The van der Waals surface area contributed by atoms with E-state index in [1.807, 2.05) is 0 Å². The van der Waals surface area contributed by atoms with Gasteiger partial charge in [-0.2, -0.15) is 0 Å². The standard InChI is InChI=1S/C13H20N2O/c1-2-15-8-11-4-3-10(7-12(11)9-15)13(14)5-6-16/h3-4,7,13,16H,2,5-6,8-9,14H2,1H3. The van der Waals surface area contributed by atoms with Crippen LogP contribution < -0.4 is 5.73 Å². The molecule has 0 amide bonds. The highest BCUT2D eigenvalue weighted by Crippen LogP contribution is 2.25. The SMILES string of the molecule is CCN1Cc2ccc(C(N)CCO)cc2C1. The molecule has 1 aliphatic heterocycles. The number of nitrogens with two attached hydrogens (primary N) is 1. The largest absolute Gasteiger partial charge is 0.396 e. The van der Waals surface area contributed by atoms with Gasteiger partial charge in [0.05, 0.1) is 0 Å². The zero-order valence-corrected chi connectivity index (χ0v) is 9.82. The number of aliphatic hydroxyl groups is 1. The van der Waals surface area contributed by atoms with Gasteiger partial charge < -0.3 is 10.8 Å². The summed E-state index contributed by atoms with van der Waals surface area (Å²) in [5.74, 6) is 0. The monoisotopic (exact) mass is 220 g/mol. The minimum atomic E-state index is -0.0361. The van der Waals surface area contributed by atoms with Crippen molar-refractivity contribution < 1.29 is 5.11 Å². The molecule has 0 aliphatic carbocycles. The van der Waals surface area contributed by atoms with Crippen molar-refractivity contribution in [3.05, 3.63) is 34.9 Å². The fourth-order valence-electron chi connectivity index (χ4n) is 2.24. The van der Waals surface area contributed by atoms with Gasteiger partial charge in [-0.3, -0.25) is 4.90 Å². The Morgan fingerprint density at radius 1 is 1.38 bits per heavy atom. The van der Waals surface area contributed by atoms with Gasteiger partial charge in [0.25, 0.3) is 0 Å². The zero-order valence-electron chi connectivity index (χ0n) is 9.82. The van der Waals surface area contributed by atoms with Crippen LogP contribution in [0, 0.1) is 0 Å². The molecule has 0 spiro atoms. The molecule has 1 aromatic carbocycles. The van der Waals surface area contributed by atoms with Crippen LogP contribution in [-0.4, -0.2) is 23.2 Å². The molecule has 0 radical (unpaired) electrons. The third kappa shape index (κ3) is 2.26. The molecule has 3 N–H and O–H groups in total. The molecule has 2 rings (SSSR count). The first-order chi connectivity index (χ1) is 7.74. The smallest absolute Gasteiger partial charge is 0.0449 e. The van der Waals surface area contributed by atoms with Crippen LogP contribution in [0.5, 0.6) is 0 Å². The van der Waals surface area contributed by atoms with E-state index in [1.54, 1.807) is 0 Å². The Balaban J connectivity index is 2.15. The molecule has 0 fully saturated rings. The zero-order chi connectivity index (χ0) is 11.5. The molecule has 1 aliphatic rings. The van der Waals surface area contributed by atoms with Gasteiger partial charge in [-0.1, -0.05) is 25.1 Å². The third-order valence-electron chi connectivity index (χ3n) is 3.33. The Labute approximate surface area is 96.9 Å². The van der Waals surface area contributed by atoms with E-state index in [2.05, 4.69) is 30.0 Å². The van der Waals surface area contributed by atoms with Gasteiger partial charge in [0.1, 0.15) is 0 Å². The summed E-state index contributed by atoms with van der Waals surface area (Å²) in [7, 11) is 0. The lowest BCUT2D eigenvalue weighted by Gasteiger charge is -2.11. The van der Waals surface area contributed by atoms with Crippen LogP contribution in [0.25, 0.3) is 0 Å². The van der Waals surface area contributed by atoms with E-state index < -0.39 is 0 Å². The molecule has 88 valence electrons. The second-order valence-corrected chi connectivity index (χ2v) is 4.45. The molecule has 0 bridgehead atoms. The topological polar surface area (TPSA) is 49.5 Å². The highest BCUT2D eigenvalue weighted by molar-refractivity contribution is 5.36. The lowest BCUT2D eigenvalue weighted by molar-refractivity contribution is 0.276. The van der Waals surface area contributed by atoms with Crippen molar-refractivity contribution in [2.45, 2.75) is 32.5 Å². The first-order valence-electron chi connectivity index (χ1n) is 5.95. The molecule has 3 heteroatoms. The van der Waals surface area contributed by atoms with E-state index in [1.165, 1.54) is 11.1 Å². The van der Waals surface area contributed by atoms with E-state index in [0.717, 1.165) is 25.2 Å². The lowest BCUT2D eigenvalue weighted by Crippen LogP contribution is -2.14. The fourth-order valence-corrected chi connectivity index (χ4v) is 2.24. The van der Waals surface area contributed by atoms with Crippen LogP contribution >= 0.6 is 0 Å². The summed E-state index contributed by atoms with van der Waals surface area (Å²) in [5, 5.41) is 8.88. The normalized spacial score (nSPS) is 17.4. The second-order valence-electron chi connectivity index (χ2n) is 4.45. The van der Waals surface area contributed by atoms with Gasteiger partial charge in [-0.25, -0.2) is 0 Å². The van der Waals surface area contributed by atoms with Gasteiger partial charge in [-0.05, 0) is 29.7 Å². The summed E-state index contributed by atoms with van der Waals surface area (Å²) in [6, 6.07) is 6.44. The van der Waals surface area contributed by atoms with Crippen molar-refractivity contribution >= 4 is 0 Å². The maximum Gasteiger partial charge on any atom is 0.0449 e. The van der Waals surface area contributed by atoms with E-state index in [0.29, 0.717) is 6.42 Å². The summed E-state index contributed by atoms with van der Waals surface area (Å²) in [6.45, 7) is 5.52. The number of aliphatic hydroxyl groups excluding tert-OH is 1. The summed E-state index contributed by atoms with van der Waals surface area (Å²) in [5.41, 5.74) is 9.95. The first-order valence-corrected chi connectivity index (χ1v) is 5.95. The summed E-state index contributed by atoms with van der Waals surface area (Å²) in [4.78, 5) is 2.41. The van der Waals surface area contributed by atoms with Crippen molar-refractivity contribution in [1.29, 1.82) is 0 Å². The molecule has 1 aromatic rings. The molecule has 1 heterocycles.